The van der Waals surface area contributed by atoms with Gasteiger partial charge in [-0.3, -0.25) is 10.1 Å². The Morgan fingerprint density at radius 1 is 1.32 bits per heavy atom. The Labute approximate surface area is 164 Å². The standard InChI is InChI=1S/C19H26N4O5/c1-5-6-21-19(26)22-17(24)12-28-18(25)16(11-20)10-15-9-13(2)23(14(15)3)7-8-27-4/h9-10H,5-8,12H2,1-4H3,(H2,21,22,24,26)/b16-10+. The average Bonchev–Trinajstić information content (AvgIpc) is 2.93. The van der Waals surface area contributed by atoms with Gasteiger partial charge in [0.25, 0.3) is 5.91 Å². The first-order chi connectivity index (χ1) is 13.3. The maximum Gasteiger partial charge on any atom is 0.349 e. The molecule has 9 nitrogen and oxygen atoms in total. The number of rotatable bonds is 9. The van der Waals surface area contributed by atoms with Crippen molar-refractivity contribution < 1.29 is 23.9 Å². The summed E-state index contributed by atoms with van der Waals surface area (Å²) in [5, 5.41) is 13.8. The predicted octanol–water partition coefficient (Wildman–Crippen LogP) is 1.44. The smallest absolute Gasteiger partial charge is 0.349 e. The van der Waals surface area contributed by atoms with Gasteiger partial charge in [-0.2, -0.15) is 5.26 Å². The number of amides is 3. The van der Waals surface area contributed by atoms with Crippen LogP contribution in [0.25, 0.3) is 6.08 Å². The Bertz CT molecular complexity index is 789. The van der Waals surface area contributed by atoms with Gasteiger partial charge < -0.3 is 19.4 Å². The maximum absolute atomic E-state index is 12.1. The maximum atomic E-state index is 12.1. The van der Waals surface area contributed by atoms with Crippen molar-refractivity contribution in [2.45, 2.75) is 33.7 Å². The largest absolute Gasteiger partial charge is 0.451 e. The topological polar surface area (TPSA) is 122 Å². The summed E-state index contributed by atoms with van der Waals surface area (Å²) in [6.07, 6.45) is 2.14. The quantitative estimate of drug-likeness (QED) is 0.374. The van der Waals surface area contributed by atoms with Crippen LogP contribution < -0.4 is 10.6 Å². The first-order valence-corrected chi connectivity index (χ1v) is 8.86. The van der Waals surface area contributed by atoms with Gasteiger partial charge in [-0.25, -0.2) is 9.59 Å². The predicted molar refractivity (Wildman–Crippen MR) is 102 cm³/mol. The minimum atomic E-state index is -0.937. The van der Waals surface area contributed by atoms with Gasteiger partial charge in [-0.05, 0) is 38.0 Å². The molecule has 152 valence electrons. The Morgan fingerprint density at radius 3 is 2.64 bits per heavy atom. The van der Waals surface area contributed by atoms with Crippen LogP contribution >= 0.6 is 0 Å². The summed E-state index contributed by atoms with van der Waals surface area (Å²) in [6, 6.07) is 2.97. The zero-order valence-corrected chi connectivity index (χ0v) is 16.6. The van der Waals surface area contributed by atoms with Gasteiger partial charge in [0.1, 0.15) is 11.6 Å². The molecule has 2 N–H and O–H groups in total. The molecule has 0 unspecified atom stereocenters. The molecule has 3 amide bonds. The van der Waals surface area contributed by atoms with Crippen molar-refractivity contribution in [3.05, 3.63) is 28.6 Å². The summed E-state index contributed by atoms with van der Waals surface area (Å²) in [7, 11) is 1.61. The molecule has 0 bridgehead atoms. The van der Waals surface area contributed by atoms with E-state index in [1.54, 1.807) is 13.2 Å². The van der Waals surface area contributed by atoms with E-state index in [1.807, 2.05) is 36.7 Å². The third-order valence-electron chi connectivity index (χ3n) is 3.89. The lowest BCUT2D eigenvalue weighted by Crippen LogP contribution is -2.41. The van der Waals surface area contributed by atoms with Gasteiger partial charge in [0.2, 0.25) is 0 Å². The van der Waals surface area contributed by atoms with Gasteiger partial charge in [0.05, 0.1) is 6.61 Å². The lowest BCUT2D eigenvalue weighted by Gasteiger charge is -2.08. The highest BCUT2D eigenvalue weighted by atomic mass is 16.5. The molecule has 1 aromatic rings. The van der Waals surface area contributed by atoms with Crippen LogP contribution in [0.3, 0.4) is 0 Å². The molecule has 0 fully saturated rings. The number of methoxy groups -OCH3 is 1. The van der Waals surface area contributed by atoms with Crippen molar-refractivity contribution in [2.24, 2.45) is 0 Å². The van der Waals surface area contributed by atoms with Crippen molar-refractivity contribution in [3.8, 4) is 6.07 Å². The molecule has 1 aromatic heterocycles. The van der Waals surface area contributed by atoms with Crippen LogP contribution in [0.15, 0.2) is 11.6 Å². The lowest BCUT2D eigenvalue weighted by molar-refractivity contribution is -0.144. The second-order valence-electron chi connectivity index (χ2n) is 6.02. The molecule has 0 saturated carbocycles. The van der Waals surface area contributed by atoms with E-state index in [0.717, 1.165) is 17.8 Å². The van der Waals surface area contributed by atoms with Crippen LogP contribution in [-0.2, 0) is 25.6 Å². The fourth-order valence-corrected chi connectivity index (χ4v) is 2.45. The highest BCUT2D eigenvalue weighted by Crippen LogP contribution is 2.18. The SMILES string of the molecule is CCCNC(=O)NC(=O)COC(=O)/C(C#N)=C/c1cc(C)n(CCOC)c1C. The molecule has 0 aromatic carbocycles. The van der Waals surface area contributed by atoms with Crippen LogP contribution in [0.4, 0.5) is 4.79 Å². The third-order valence-corrected chi connectivity index (χ3v) is 3.89. The van der Waals surface area contributed by atoms with Crippen LogP contribution in [-0.4, -0.2) is 49.3 Å². The molecule has 0 atom stereocenters. The molecule has 9 heteroatoms. The fourth-order valence-electron chi connectivity index (χ4n) is 2.45. The van der Waals surface area contributed by atoms with Gasteiger partial charge in [-0.15, -0.1) is 0 Å². The number of carbonyl (C=O) groups excluding carboxylic acids is 3. The zero-order valence-electron chi connectivity index (χ0n) is 16.6. The average molecular weight is 390 g/mol. The Hall–Kier alpha value is -3.12. The van der Waals surface area contributed by atoms with Gasteiger partial charge in [0, 0.05) is 31.6 Å². The molecule has 1 rings (SSSR count). The Balaban J connectivity index is 2.75. The summed E-state index contributed by atoms with van der Waals surface area (Å²) >= 11 is 0. The number of aryl methyl sites for hydroxylation is 1. The van der Waals surface area contributed by atoms with Crippen molar-refractivity contribution in [3.63, 3.8) is 0 Å². The minimum absolute atomic E-state index is 0.241. The number of aromatic nitrogens is 1. The van der Waals surface area contributed by atoms with Gasteiger partial charge in [0.15, 0.2) is 6.61 Å². The van der Waals surface area contributed by atoms with E-state index >= 15 is 0 Å². The molecule has 28 heavy (non-hydrogen) atoms. The van der Waals surface area contributed by atoms with Gasteiger partial charge >= 0.3 is 12.0 Å². The molecule has 0 aliphatic heterocycles. The van der Waals surface area contributed by atoms with E-state index in [4.69, 9.17) is 9.47 Å². The number of imide groups is 1. The van der Waals surface area contributed by atoms with E-state index in [2.05, 4.69) is 5.32 Å². The summed E-state index contributed by atoms with van der Waals surface area (Å²) in [4.78, 5) is 35.1. The van der Waals surface area contributed by atoms with E-state index in [0.29, 0.717) is 25.3 Å². The van der Waals surface area contributed by atoms with E-state index in [9.17, 15) is 19.6 Å². The number of carbonyl (C=O) groups is 3. The van der Waals surface area contributed by atoms with Crippen LogP contribution in [0.5, 0.6) is 0 Å². The summed E-state index contributed by atoms with van der Waals surface area (Å²) < 4.78 is 11.9. The summed E-state index contributed by atoms with van der Waals surface area (Å²) in [5.41, 5.74) is 2.30. The summed E-state index contributed by atoms with van der Waals surface area (Å²) in [5.74, 6) is -1.72. The number of hydrogen-bond donors (Lipinski definition) is 2. The first-order valence-electron chi connectivity index (χ1n) is 8.86. The zero-order chi connectivity index (χ0) is 21.1. The normalized spacial score (nSPS) is 10.9. The number of nitrogens with zero attached hydrogens (tertiary/aromatic N) is 2. The summed E-state index contributed by atoms with van der Waals surface area (Å²) in [6.45, 7) is 6.60. The molecule has 0 saturated heterocycles. The third kappa shape index (κ3) is 6.89. The molecular formula is C19H26N4O5. The molecule has 0 radical (unpaired) electrons. The number of ether oxygens (including phenoxy) is 2. The lowest BCUT2D eigenvalue weighted by atomic mass is 10.1. The molecule has 0 spiro atoms. The monoisotopic (exact) mass is 390 g/mol. The van der Waals surface area contributed by atoms with Crippen LogP contribution in [0.2, 0.25) is 0 Å². The van der Waals surface area contributed by atoms with E-state index < -0.39 is 24.5 Å². The number of esters is 1. The molecule has 0 aliphatic carbocycles. The van der Waals surface area contributed by atoms with Crippen molar-refractivity contribution in [1.29, 1.82) is 5.26 Å². The van der Waals surface area contributed by atoms with Crippen molar-refractivity contribution in [1.82, 2.24) is 15.2 Å². The van der Waals surface area contributed by atoms with Crippen LogP contribution in [0, 0.1) is 25.2 Å². The molecule has 1 heterocycles. The number of nitrogens with one attached hydrogen (secondary N) is 2. The van der Waals surface area contributed by atoms with Crippen LogP contribution in [0.1, 0.15) is 30.3 Å². The first kappa shape index (κ1) is 22.9. The highest BCUT2D eigenvalue weighted by Gasteiger charge is 2.16. The van der Waals surface area contributed by atoms with E-state index in [-0.39, 0.29) is 5.57 Å². The highest BCUT2D eigenvalue weighted by molar-refractivity contribution is 6.00. The van der Waals surface area contributed by atoms with Gasteiger partial charge in [-0.1, -0.05) is 6.92 Å². The van der Waals surface area contributed by atoms with Crippen molar-refractivity contribution in [2.75, 3.05) is 26.9 Å². The van der Waals surface area contributed by atoms with E-state index in [1.165, 1.54) is 6.08 Å². The minimum Gasteiger partial charge on any atom is -0.451 e. The fraction of sp³-hybridized carbons (Fsp3) is 0.474. The molecule has 0 aliphatic rings. The second-order valence-corrected chi connectivity index (χ2v) is 6.02. The number of hydrogen-bond acceptors (Lipinski definition) is 6. The Kier molecular flexibility index (Phi) is 9.47. The number of urea groups is 1. The molecular weight excluding hydrogens is 364 g/mol. The second kappa shape index (κ2) is 11.6. The Morgan fingerprint density at radius 2 is 2.04 bits per heavy atom. The van der Waals surface area contributed by atoms with Crippen molar-refractivity contribution >= 4 is 24.0 Å². The number of nitriles is 1.